The van der Waals surface area contributed by atoms with Crippen LogP contribution in [0, 0.1) is 18.7 Å². The van der Waals surface area contributed by atoms with Gasteiger partial charge in [0.15, 0.2) is 5.76 Å². The van der Waals surface area contributed by atoms with Crippen molar-refractivity contribution in [2.75, 3.05) is 6.61 Å². The summed E-state index contributed by atoms with van der Waals surface area (Å²) in [6, 6.07) is 19.7. The van der Waals surface area contributed by atoms with Crippen molar-refractivity contribution in [1.29, 1.82) is 0 Å². The van der Waals surface area contributed by atoms with Crippen molar-refractivity contribution in [1.82, 2.24) is 5.16 Å². The molecule has 0 atom stereocenters. The third-order valence-electron chi connectivity index (χ3n) is 5.92. The van der Waals surface area contributed by atoms with E-state index >= 15 is 0 Å². The standard InChI is InChI=1S/C27H22FNO4/c1-16-20(18-5-3-2-4-6-18)11-12-22(26(16)32-15-17-7-8-17)25-14-24(29-33-25)19-9-10-21(27(30)31)23(28)13-19/h2-6,9-14,17H,7-8,15H2,1H3,(H,30,31). The normalized spacial score (nSPS) is 13.2. The van der Waals surface area contributed by atoms with E-state index in [1.54, 1.807) is 6.07 Å². The maximum atomic E-state index is 14.2. The summed E-state index contributed by atoms with van der Waals surface area (Å²) in [6.07, 6.45) is 2.36. The summed E-state index contributed by atoms with van der Waals surface area (Å²) in [5.41, 5.74) is 4.43. The van der Waals surface area contributed by atoms with Gasteiger partial charge in [-0.15, -0.1) is 0 Å². The van der Waals surface area contributed by atoms with Crippen molar-refractivity contribution in [3.8, 4) is 39.5 Å². The van der Waals surface area contributed by atoms with Crippen LogP contribution in [0.2, 0.25) is 0 Å². The van der Waals surface area contributed by atoms with Crippen molar-refractivity contribution >= 4 is 5.97 Å². The molecule has 5 rings (SSSR count). The van der Waals surface area contributed by atoms with Gasteiger partial charge in [0.05, 0.1) is 17.7 Å². The quantitative estimate of drug-likeness (QED) is 0.348. The molecule has 1 saturated carbocycles. The molecule has 0 aliphatic heterocycles. The number of halogens is 1. The Morgan fingerprint density at radius 1 is 1.06 bits per heavy atom. The van der Waals surface area contributed by atoms with Crippen LogP contribution in [-0.4, -0.2) is 22.8 Å². The van der Waals surface area contributed by atoms with E-state index in [4.69, 9.17) is 14.4 Å². The van der Waals surface area contributed by atoms with Gasteiger partial charge in [-0.1, -0.05) is 47.6 Å². The molecule has 0 spiro atoms. The predicted octanol–water partition coefficient (Wildman–Crippen LogP) is 6.61. The Balaban J connectivity index is 1.53. The highest BCUT2D eigenvalue weighted by atomic mass is 19.1. The van der Waals surface area contributed by atoms with Crippen molar-refractivity contribution in [3.05, 3.63) is 83.7 Å². The molecule has 3 aromatic carbocycles. The fourth-order valence-corrected chi connectivity index (χ4v) is 3.87. The largest absolute Gasteiger partial charge is 0.492 e. The van der Waals surface area contributed by atoms with Gasteiger partial charge in [-0.25, -0.2) is 9.18 Å². The second-order valence-corrected chi connectivity index (χ2v) is 8.31. The summed E-state index contributed by atoms with van der Waals surface area (Å²) in [5.74, 6) is -0.300. The number of nitrogens with zero attached hydrogens (tertiary/aromatic N) is 1. The monoisotopic (exact) mass is 443 g/mol. The van der Waals surface area contributed by atoms with E-state index in [2.05, 4.69) is 17.3 Å². The zero-order valence-electron chi connectivity index (χ0n) is 18.0. The highest BCUT2D eigenvalue weighted by molar-refractivity contribution is 5.88. The zero-order valence-corrected chi connectivity index (χ0v) is 18.0. The van der Waals surface area contributed by atoms with Crippen LogP contribution in [0.5, 0.6) is 5.75 Å². The van der Waals surface area contributed by atoms with Gasteiger partial charge in [-0.05, 0) is 60.6 Å². The number of carboxylic acids is 1. The first kappa shape index (κ1) is 20.9. The van der Waals surface area contributed by atoms with Crippen LogP contribution in [0.1, 0.15) is 28.8 Å². The predicted molar refractivity (Wildman–Crippen MR) is 123 cm³/mol. The smallest absolute Gasteiger partial charge is 0.338 e. The van der Waals surface area contributed by atoms with Crippen molar-refractivity contribution in [2.45, 2.75) is 19.8 Å². The Morgan fingerprint density at radius 3 is 2.52 bits per heavy atom. The maximum Gasteiger partial charge on any atom is 0.338 e. The lowest BCUT2D eigenvalue weighted by Gasteiger charge is -2.16. The Bertz CT molecular complexity index is 1330. The molecule has 1 aromatic heterocycles. The second kappa shape index (κ2) is 8.54. The zero-order chi connectivity index (χ0) is 22.9. The molecule has 5 nitrogen and oxygen atoms in total. The summed E-state index contributed by atoms with van der Waals surface area (Å²) in [6.45, 7) is 2.68. The minimum atomic E-state index is -1.31. The summed E-state index contributed by atoms with van der Waals surface area (Å²) >= 11 is 0. The molecule has 1 N–H and O–H groups in total. The Morgan fingerprint density at radius 2 is 1.82 bits per heavy atom. The highest BCUT2D eigenvalue weighted by Gasteiger charge is 2.25. The van der Waals surface area contributed by atoms with E-state index in [1.165, 1.54) is 25.0 Å². The van der Waals surface area contributed by atoms with Crippen molar-refractivity contribution < 1.29 is 23.6 Å². The fraction of sp³-hybridized carbons (Fsp3) is 0.185. The molecule has 0 unspecified atom stereocenters. The summed E-state index contributed by atoms with van der Waals surface area (Å²) in [4.78, 5) is 11.1. The average molecular weight is 443 g/mol. The lowest BCUT2D eigenvalue weighted by molar-refractivity contribution is 0.0692. The Hall–Kier alpha value is -3.93. The van der Waals surface area contributed by atoms with Gasteiger partial charge in [-0.2, -0.15) is 0 Å². The third kappa shape index (κ3) is 4.24. The maximum absolute atomic E-state index is 14.2. The number of carboxylic acid groups (broad SMARTS) is 1. The molecule has 1 aliphatic rings. The van der Waals surface area contributed by atoms with Crippen molar-refractivity contribution in [3.63, 3.8) is 0 Å². The summed E-state index contributed by atoms with van der Waals surface area (Å²) in [5, 5.41) is 13.1. The number of benzene rings is 3. The Kier molecular flexibility index (Phi) is 5.42. The van der Waals surface area contributed by atoms with Crippen molar-refractivity contribution in [2.24, 2.45) is 5.92 Å². The molecule has 1 heterocycles. The van der Waals surface area contributed by atoms with Crippen LogP contribution in [0.25, 0.3) is 33.7 Å². The first-order valence-electron chi connectivity index (χ1n) is 10.8. The number of hydrogen-bond donors (Lipinski definition) is 1. The van der Waals surface area contributed by atoms with Gasteiger partial charge in [-0.3, -0.25) is 0 Å². The molecule has 4 aromatic rings. The molecule has 0 saturated heterocycles. The van der Waals surface area contributed by atoms with Crippen LogP contribution in [0.15, 0.2) is 71.3 Å². The topological polar surface area (TPSA) is 72.6 Å². The molecule has 1 aliphatic carbocycles. The molecular formula is C27H22FNO4. The van der Waals surface area contributed by atoms with Gasteiger partial charge >= 0.3 is 5.97 Å². The van der Waals surface area contributed by atoms with Gasteiger partial charge in [0.2, 0.25) is 0 Å². The Labute approximate surface area is 190 Å². The van der Waals surface area contributed by atoms with Crippen LogP contribution >= 0.6 is 0 Å². The molecule has 33 heavy (non-hydrogen) atoms. The molecule has 1 fully saturated rings. The molecule has 6 heteroatoms. The highest BCUT2D eigenvalue weighted by Crippen LogP contribution is 2.41. The van der Waals surface area contributed by atoms with E-state index in [0.717, 1.165) is 34.1 Å². The second-order valence-electron chi connectivity index (χ2n) is 8.31. The van der Waals surface area contributed by atoms with Gasteiger partial charge in [0, 0.05) is 11.6 Å². The van der Waals surface area contributed by atoms with Crippen LogP contribution in [0.3, 0.4) is 0 Å². The van der Waals surface area contributed by atoms with Crippen LogP contribution < -0.4 is 4.74 Å². The van der Waals surface area contributed by atoms with E-state index in [1.807, 2.05) is 37.3 Å². The first-order chi connectivity index (χ1) is 16.0. The number of aromatic nitrogens is 1. The molecule has 0 radical (unpaired) electrons. The minimum absolute atomic E-state index is 0.384. The number of aromatic carboxylic acids is 1. The van der Waals surface area contributed by atoms with Gasteiger partial charge in [0.25, 0.3) is 0 Å². The molecule has 0 bridgehead atoms. The SMILES string of the molecule is Cc1c(-c2ccccc2)ccc(-c2cc(-c3ccc(C(=O)O)c(F)c3)no2)c1OCC1CC1. The summed E-state index contributed by atoms with van der Waals surface area (Å²) < 4.78 is 26.1. The van der Waals surface area contributed by atoms with Crippen LogP contribution in [-0.2, 0) is 0 Å². The third-order valence-corrected chi connectivity index (χ3v) is 5.92. The van der Waals surface area contributed by atoms with Gasteiger partial charge in [0.1, 0.15) is 17.3 Å². The van der Waals surface area contributed by atoms with E-state index < -0.39 is 11.8 Å². The lowest BCUT2D eigenvalue weighted by Crippen LogP contribution is -2.03. The number of hydrogen-bond acceptors (Lipinski definition) is 4. The number of ether oxygens (including phenoxy) is 1. The lowest BCUT2D eigenvalue weighted by atomic mass is 9.96. The fourth-order valence-electron chi connectivity index (χ4n) is 3.87. The van der Waals surface area contributed by atoms with E-state index in [9.17, 15) is 9.18 Å². The molecule has 0 amide bonds. The van der Waals surface area contributed by atoms with Gasteiger partial charge < -0.3 is 14.4 Å². The first-order valence-corrected chi connectivity index (χ1v) is 10.8. The van der Waals surface area contributed by atoms with Crippen LogP contribution in [0.4, 0.5) is 4.39 Å². The van der Waals surface area contributed by atoms with E-state index in [-0.39, 0.29) is 5.56 Å². The minimum Gasteiger partial charge on any atom is -0.492 e. The number of carbonyl (C=O) groups is 1. The molecular weight excluding hydrogens is 421 g/mol. The van der Waals surface area contributed by atoms with E-state index in [0.29, 0.717) is 29.5 Å². The average Bonchev–Trinajstić information content (AvgIpc) is 3.52. The molecule has 166 valence electrons. The summed E-state index contributed by atoms with van der Waals surface area (Å²) in [7, 11) is 0. The number of rotatable bonds is 7.